The smallest absolute Gasteiger partial charge is 0.305 e. The highest BCUT2D eigenvalue weighted by Gasteiger charge is 2.22. The first kappa shape index (κ1) is 26.8. The topological polar surface area (TPSA) is 106 Å². The van der Waals surface area contributed by atoms with Crippen molar-refractivity contribution in [2.45, 2.75) is 78.3 Å². The van der Waals surface area contributed by atoms with Crippen LogP contribution in [0.2, 0.25) is 0 Å². The van der Waals surface area contributed by atoms with Crippen LogP contribution < -0.4 is 10.6 Å². The number of nitrogens with one attached hydrogen (secondary N) is 2. The molecular formula is C20H40N2O6. The summed E-state index contributed by atoms with van der Waals surface area (Å²) in [7, 11) is 1.90. The van der Waals surface area contributed by atoms with Crippen molar-refractivity contribution >= 4 is 11.9 Å². The maximum atomic E-state index is 11.9. The first-order valence-corrected chi connectivity index (χ1v) is 10.3. The normalized spacial score (nSPS) is 13.6. The second-order valence-electron chi connectivity index (χ2n) is 7.41. The minimum absolute atomic E-state index is 0.0438. The number of esters is 1. The summed E-state index contributed by atoms with van der Waals surface area (Å²) >= 11 is 0. The van der Waals surface area contributed by atoms with E-state index in [1.165, 1.54) is 0 Å². The molecule has 8 heteroatoms. The molecule has 166 valence electrons. The largest absolute Gasteiger partial charge is 0.460 e. The Kier molecular flexibility index (Phi) is 16.0. The van der Waals surface area contributed by atoms with Crippen molar-refractivity contribution in [3.63, 3.8) is 0 Å². The summed E-state index contributed by atoms with van der Waals surface area (Å²) in [6, 6.07) is 0. The molecule has 3 N–H and O–H groups in total. The summed E-state index contributed by atoms with van der Waals surface area (Å²) in [6.45, 7) is 9.00. The summed E-state index contributed by atoms with van der Waals surface area (Å²) in [5.41, 5.74) is 0. The third-order valence-electron chi connectivity index (χ3n) is 4.01. The Bertz CT molecular complexity index is 418. The van der Waals surface area contributed by atoms with Gasteiger partial charge in [0, 0.05) is 19.4 Å². The van der Waals surface area contributed by atoms with Crippen LogP contribution in [0, 0.1) is 5.92 Å². The molecule has 0 heterocycles. The minimum atomic E-state index is -0.732. The molecule has 0 fully saturated rings. The molecule has 0 rings (SSSR count). The van der Waals surface area contributed by atoms with Gasteiger partial charge in [-0.1, -0.05) is 13.8 Å². The molecule has 28 heavy (non-hydrogen) atoms. The second kappa shape index (κ2) is 16.7. The van der Waals surface area contributed by atoms with Crippen LogP contribution in [0.4, 0.5) is 0 Å². The lowest BCUT2D eigenvalue weighted by Gasteiger charge is -2.27. The molecule has 0 aliphatic heterocycles. The number of carbonyl (C=O) groups excluding carboxylic acids is 2. The molecule has 2 unspecified atom stereocenters. The highest BCUT2D eigenvalue weighted by molar-refractivity contribution is 5.76. The van der Waals surface area contributed by atoms with Crippen molar-refractivity contribution in [2.75, 3.05) is 33.4 Å². The number of amides is 1. The van der Waals surface area contributed by atoms with E-state index < -0.39 is 12.3 Å². The molecule has 0 aromatic carbocycles. The Morgan fingerprint density at radius 3 is 2.21 bits per heavy atom. The maximum absolute atomic E-state index is 11.9. The van der Waals surface area contributed by atoms with Crippen LogP contribution in [0.3, 0.4) is 0 Å². The number of hydrogen-bond donors (Lipinski definition) is 3. The predicted molar refractivity (Wildman–Crippen MR) is 108 cm³/mol. The van der Waals surface area contributed by atoms with Gasteiger partial charge < -0.3 is 30.0 Å². The molecule has 0 aliphatic carbocycles. The minimum Gasteiger partial charge on any atom is -0.460 e. The molecule has 0 bridgehead atoms. The number of carbonyl (C=O) groups is 2. The zero-order valence-corrected chi connectivity index (χ0v) is 18.2. The van der Waals surface area contributed by atoms with E-state index in [0.717, 1.165) is 19.4 Å². The van der Waals surface area contributed by atoms with Gasteiger partial charge in [-0.3, -0.25) is 9.59 Å². The Morgan fingerprint density at radius 1 is 0.964 bits per heavy atom. The van der Waals surface area contributed by atoms with E-state index in [2.05, 4.69) is 10.6 Å². The SMILES string of the molecule is CNCCCCNC(=O)CCCC(=O)OCC(OC(C)C)OC(CO)C(C)C. The Morgan fingerprint density at radius 2 is 1.64 bits per heavy atom. The van der Waals surface area contributed by atoms with Crippen LogP contribution in [0.1, 0.15) is 59.8 Å². The third kappa shape index (κ3) is 14.8. The number of rotatable bonds is 17. The molecule has 0 spiro atoms. The van der Waals surface area contributed by atoms with Gasteiger partial charge in [0.05, 0.1) is 18.8 Å². The lowest BCUT2D eigenvalue weighted by molar-refractivity contribution is -0.223. The van der Waals surface area contributed by atoms with Gasteiger partial charge in [-0.15, -0.1) is 0 Å². The van der Waals surface area contributed by atoms with Crippen LogP contribution in [-0.4, -0.2) is 68.8 Å². The Balaban J connectivity index is 4.08. The zero-order valence-electron chi connectivity index (χ0n) is 18.2. The van der Waals surface area contributed by atoms with Crippen molar-refractivity contribution in [3.05, 3.63) is 0 Å². The monoisotopic (exact) mass is 404 g/mol. The van der Waals surface area contributed by atoms with Crippen LogP contribution in [0.5, 0.6) is 0 Å². The van der Waals surface area contributed by atoms with Crippen LogP contribution in [0.15, 0.2) is 0 Å². The lowest BCUT2D eigenvalue weighted by atomic mass is 10.1. The van der Waals surface area contributed by atoms with E-state index in [1.54, 1.807) is 0 Å². The van der Waals surface area contributed by atoms with Crippen molar-refractivity contribution in [1.29, 1.82) is 0 Å². The van der Waals surface area contributed by atoms with Crippen LogP contribution >= 0.6 is 0 Å². The fourth-order valence-corrected chi connectivity index (χ4v) is 2.39. The predicted octanol–water partition coefficient (Wildman–Crippen LogP) is 1.60. The van der Waals surface area contributed by atoms with Crippen molar-refractivity contribution in [2.24, 2.45) is 5.92 Å². The summed E-state index contributed by atoms with van der Waals surface area (Å²) < 4.78 is 16.6. The number of aliphatic hydroxyl groups is 1. The third-order valence-corrected chi connectivity index (χ3v) is 4.01. The fourth-order valence-electron chi connectivity index (χ4n) is 2.39. The highest BCUT2D eigenvalue weighted by Crippen LogP contribution is 2.12. The average Bonchev–Trinajstić information content (AvgIpc) is 2.63. The van der Waals surface area contributed by atoms with Gasteiger partial charge in [0.1, 0.15) is 6.61 Å². The van der Waals surface area contributed by atoms with Crippen molar-refractivity contribution in [3.8, 4) is 0 Å². The van der Waals surface area contributed by atoms with Crippen molar-refractivity contribution in [1.82, 2.24) is 10.6 Å². The fraction of sp³-hybridized carbons (Fsp3) is 0.900. The second-order valence-corrected chi connectivity index (χ2v) is 7.41. The quantitative estimate of drug-likeness (QED) is 0.192. The molecule has 0 saturated carbocycles. The summed E-state index contributed by atoms with van der Waals surface area (Å²) in [5.74, 6) is -0.340. The Hall–Kier alpha value is -1.22. The zero-order chi connectivity index (χ0) is 21.4. The van der Waals surface area contributed by atoms with E-state index in [-0.39, 0.29) is 43.7 Å². The molecule has 8 nitrogen and oxygen atoms in total. The average molecular weight is 405 g/mol. The van der Waals surface area contributed by atoms with E-state index in [9.17, 15) is 14.7 Å². The van der Waals surface area contributed by atoms with Gasteiger partial charge in [0.25, 0.3) is 0 Å². The summed E-state index contributed by atoms with van der Waals surface area (Å²) in [6.07, 6.45) is 1.60. The van der Waals surface area contributed by atoms with Gasteiger partial charge in [-0.2, -0.15) is 0 Å². The van der Waals surface area contributed by atoms with E-state index in [0.29, 0.717) is 19.4 Å². The van der Waals surface area contributed by atoms with Gasteiger partial charge in [0.2, 0.25) is 5.91 Å². The first-order valence-electron chi connectivity index (χ1n) is 10.3. The lowest BCUT2D eigenvalue weighted by Crippen LogP contribution is -2.36. The maximum Gasteiger partial charge on any atom is 0.305 e. The number of aliphatic hydroxyl groups excluding tert-OH is 1. The number of unbranched alkanes of at least 4 members (excludes halogenated alkanes) is 1. The van der Waals surface area contributed by atoms with E-state index in [4.69, 9.17) is 14.2 Å². The summed E-state index contributed by atoms with van der Waals surface area (Å²) in [4.78, 5) is 23.6. The van der Waals surface area contributed by atoms with Gasteiger partial charge >= 0.3 is 5.97 Å². The summed E-state index contributed by atoms with van der Waals surface area (Å²) in [5, 5.41) is 15.3. The van der Waals surface area contributed by atoms with E-state index in [1.807, 2.05) is 34.7 Å². The number of hydrogen-bond acceptors (Lipinski definition) is 7. The van der Waals surface area contributed by atoms with Gasteiger partial charge in [-0.05, 0) is 52.6 Å². The molecule has 0 radical (unpaired) electrons. The number of ether oxygens (including phenoxy) is 3. The molecule has 0 aromatic heterocycles. The standard InChI is InChI=1S/C20H40N2O6/c1-15(2)17(13-23)28-20(27-16(3)4)14-26-19(25)10-8-9-18(24)22-12-7-6-11-21-5/h15-17,20-21,23H,6-14H2,1-5H3,(H,22,24). The molecule has 0 aromatic rings. The molecule has 1 amide bonds. The Labute approximate surface area is 169 Å². The first-order chi connectivity index (χ1) is 13.3. The molecular weight excluding hydrogens is 364 g/mol. The molecule has 2 atom stereocenters. The van der Waals surface area contributed by atoms with Crippen molar-refractivity contribution < 1.29 is 28.9 Å². The van der Waals surface area contributed by atoms with Gasteiger partial charge in [-0.25, -0.2) is 0 Å². The van der Waals surface area contributed by atoms with Crippen LogP contribution in [-0.2, 0) is 23.8 Å². The van der Waals surface area contributed by atoms with E-state index >= 15 is 0 Å². The molecule has 0 saturated heterocycles. The highest BCUT2D eigenvalue weighted by atomic mass is 16.7. The molecule has 0 aliphatic rings. The van der Waals surface area contributed by atoms with Gasteiger partial charge in [0.15, 0.2) is 6.29 Å². The van der Waals surface area contributed by atoms with Crippen LogP contribution in [0.25, 0.3) is 0 Å².